The lowest BCUT2D eigenvalue weighted by Crippen LogP contribution is -2.49. The standard InChI is InChI=1S/C30H36FN3O5S/c1-4-39-27-18-16-26(17-19-27)34(40(3,37)38)20-8-11-29(35)33(22-24-12-14-25(31)15-13-24)28(30(36)32-2)21-23-9-6-5-7-10-23/h5-7,9-10,12-19,28H,4,8,11,20-22H2,1-3H3,(H,32,36)/t28-/m1/s1. The monoisotopic (exact) mass is 569 g/mol. The maximum absolute atomic E-state index is 13.6. The zero-order valence-electron chi connectivity index (χ0n) is 23.0. The highest BCUT2D eigenvalue weighted by Crippen LogP contribution is 2.23. The van der Waals surface area contributed by atoms with Crippen LogP contribution in [0.1, 0.15) is 30.9 Å². The van der Waals surface area contributed by atoms with Crippen LogP contribution >= 0.6 is 0 Å². The Bertz CT molecular complexity index is 1350. The smallest absolute Gasteiger partial charge is 0.242 e. The quantitative estimate of drug-likeness (QED) is 0.315. The second-order valence-electron chi connectivity index (χ2n) is 9.33. The van der Waals surface area contributed by atoms with Gasteiger partial charge in [-0.2, -0.15) is 0 Å². The number of benzene rings is 3. The number of amides is 2. The first-order valence-electron chi connectivity index (χ1n) is 13.1. The summed E-state index contributed by atoms with van der Waals surface area (Å²) in [6, 6.07) is 21.1. The SMILES string of the molecule is CCOc1ccc(N(CCCC(=O)N(Cc2ccc(F)cc2)[C@H](Cc2ccccc2)C(=O)NC)S(C)(=O)=O)cc1. The van der Waals surface area contributed by atoms with E-state index in [2.05, 4.69) is 5.32 Å². The molecule has 0 radical (unpaired) electrons. The van der Waals surface area contributed by atoms with Gasteiger partial charge in [0, 0.05) is 33.0 Å². The molecule has 3 aromatic rings. The fourth-order valence-electron chi connectivity index (χ4n) is 4.39. The highest BCUT2D eigenvalue weighted by Gasteiger charge is 2.30. The second kappa shape index (κ2) is 14.5. The van der Waals surface area contributed by atoms with Crippen molar-refractivity contribution in [2.75, 3.05) is 30.8 Å². The van der Waals surface area contributed by atoms with Crippen molar-refractivity contribution >= 4 is 27.5 Å². The summed E-state index contributed by atoms with van der Waals surface area (Å²) < 4.78 is 45.4. The van der Waals surface area contributed by atoms with E-state index in [1.807, 2.05) is 37.3 Å². The Labute approximate surface area is 235 Å². The number of carbonyl (C=O) groups excluding carboxylic acids is 2. The summed E-state index contributed by atoms with van der Waals surface area (Å²) in [6.07, 6.45) is 1.64. The largest absolute Gasteiger partial charge is 0.494 e. The number of nitrogens with one attached hydrogen (secondary N) is 1. The van der Waals surface area contributed by atoms with Gasteiger partial charge in [-0.25, -0.2) is 12.8 Å². The van der Waals surface area contributed by atoms with E-state index < -0.39 is 21.9 Å². The number of halogens is 1. The van der Waals surface area contributed by atoms with Gasteiger partial charge in [-0.15, -0.1) is 0 Å². The average Bonchev–Trinajstić information content (AvgIpc) is 2.94. The van der Waals surface area contributed by atoms with Crippen molar-refractivity contribution in [2.45, 2.75) is 38.8 Å². The van der Waals surface area contributed by atoms with E-state index in [4.69, 9.17) is 4.74 Å². The third kappa shape index (κ3) is 8.81. The first kappa shape index (κ1) is 30.6. The molecule has 40 heavy (non-hydrogen) atoms. The fourth-order valence-corrected chi connectivity index (χ4v) is 5.35. The van der Waals surface area contributed by atoms with Crippen molar-refractivity contribution in [2.24, 2.45) is 0 Å². The molecule has 0 saturated heterocycles. The van der Waals surface area contributed by atoms with Gasteiger partial charge in [0.15, 0.2) is 0 Å². The molecule has 0 heterocycles. The molecular formula is C30H36FN3O5S. The summed E-state index contributed by atoms with van der Waals surface area (Å²) in [5.74, 6) is -0.408. The minimum Gasteiger partial charge on any atom is -0.494 e. The molecular weight excluding hydrogens is 533 g/mol. The van der Waals surface area contributed by atoms with Gasteiger partial charge >= 0.3 is 0 Å². The molecule has 1 atom stereocenters. The van der Waals surface area contributed by atoms with E-state index in [-0.39, 0.29) is 44.2 Å². The lowest BCUT2D eigenvalue weighted by atomic mass is 10.0. The second-order valence-corrected chi connectivity index (χ2v) is 11.2. The zero-order valence-corrected chi connectivity index (χ0v) is 23.9. The molecule has 3 aromatic carbocycles. The number of ether oxygens (including phenoxy) is 1. The number of hydrogen-bond donors (Lipinski definition) is 1. The molecule has 0 saturated carbocycles. The first-order valence-corrected chi connectivity index (χ1v) is 15.0. The van der Waals surface area contributed by atoms with Gasteiger partial charge in [0.1, 0.15) is 17.6 Å². The predicted molar refractivity (Wildman–Crippen MR) is 154 cm³/mol. The first-order chi connectivity index (χ1) is 19.1. The van der Waals surface area contributed by atoms with Crippen molar-refractivity contribution in [1.82, 2.24) is 10.2 Å². The number of likely N-dealkylation sites (N-methyl/N-ethyl adjacent to an activating group) is 1. The number of sulfonamides is 1. The maximum Gasteiger partial charge on any atom is 0.242 e. The molecule has 0 aliphatic rings. The molecule has 1 N–H and O–H groups in total. The maximum atomic E-state index is 13.6. The molecule has 3 rings (SSSR count). The minimum atomic E-state index is -3.62. The summed E-state index contributed by atoms with van der Waals surface area (Å²) in [5, 5.41) is 2.65. The molecule has 214 valence electrons. The van der Waals surface area contributed by atoms with Crippen LogP contribution in [0.3, 0.4) is 0 Å². The van der Waals surface area contributed by atoms with Gasteiger partial charge in [0.25, 0.3) is 0 Å². The summed E-state index contributed by atoms with van der Waals surface area (Å²) in [5.41, 5.74) is 2.02. The average molecular weight is 570 g/mol. The predicted octanol–water partition coefficient (Wildman–Crippen LogP) is 4.16. The fraction of sp³-hybridized carbons (Fsp3) is 0.333. The van der Waals surface area contributed by atoms with Crippen LogP contribution in [-0.4, -0.2) is 57.6 Å². The van der Waals surface area contributed by atoms with Crippen LogP contribution in [0.25, 0.3) is 0 Å². The van der Waals surface area contributed by atoms with E-state index >= 15 is 0 Å². The van der Waals surface area contributed by atoms with Crippen molar-refractivity contribution in [3.05, 3.63) is 95.8 Å². The third-order valence-electron chi connectivity index (χ3n) is 6.37. The summed E-state index contributed by atoms with van der Waals surface area (Å²) in [6.45, 7) is 2.53. The number of carbonyl (C=O) groups is 2. The Balaban J connectivity index is 1.81. The van der Waals surface area contributed by atoms with Gasteiger partial charge in [0.05, 0.1) is 18.6 Å². The molecule has 0 unspecified atom stereocenters. The van der Waals surface area contributed by atoms with E-state index in [0.717, 1.165) is 11.8 Å². The van der Waals surface area contributed by atoms with E-state index in [9.17, 15) is 22.4 Å². The van der Waals surface area contributed by atoms with Gasteiger partial charge in [-0.05, 0) is 60.9 Å². The minimum absolute atomic E-state index is 0.00648. The van der Waals surface area contributed by atoms with Crippen LogP contribution in [0.4, 0.5) is 10.1 Å². The van der Waals surface area contributed by atoms with Gasteiger partial charge < -0.3 is 15.0 Å². The van der Waals surface area contributed by atoms with Crippen LogP contribution in [-0.2, 0) is 32.6 Å². The normalized spacial score (nSPS) is 11.9. The molecule has 2 amide bonds. The summed E-state index contributed by atoms with van der Waals surface area (Å²) in [7, 11) is -2.10. The molecule has 0 aliphatic heterocycles. The molecule has 0 bridgehead atoms. The van der Waals surface area contributed by atoms with Gasteiger partial charge in [-0.1, -0.05) is 42.5 Å². The Kier molecular flexibility index (Phi) is 11.1. The Morgan fingerprint density at radius 1 is 0.950 bits per heavy atom. The molecule has 10 heteroatoms. The Hall–Kier alpha value is -3.92. The number of nitrogens with zero attached hydrogens (tertiary/aromatic N) is 2. The summed E-state index contributed by atoms with van der Waals surface area (Å²) >= 11 is 0. The van der Waals surface area contributed by atoms with Crippen LogP contribution in [0.5, 0.6) is 5.75 Å². The van der Waals surface area contributed by atoms with Crippen LogP contribution in [0.2, 0.25) is 0 Å². The van der Waals surface area contributed by atoms with Crippen molar-refractivity contribution in [3.63, 3.8) is 0 Å². The molecule has 0 aliphatic carbocycles. The lowest BCUT2D eigenvalue weighted by molar-refractivity contribution is -0.141. The van der Waals surface area contributed by atoms with Crippen molar-refractivity contribution < 1.29 is 27.1 Å². The van der Waals surface area contributed by atoms with Gasteiger partial charge in [-0.3, -0.25) is 13.9 Å². The van der Waals surface area contributed by atoms with Crippen LogP contribution in [0, 0.1) is 5.82 Å². The van der Waals surface area contributed by atoms with E-state index in [1.54, 1.807) is 36.4 Å². The van der Waals surface area contributed by atoms with Crippen LogP contribution in [0.15, 0.2) is 78.9 Å². The number of rotatable bonds is 14. The van der Waals surface area contributed by atoms with Gasteiger partial charge in [0.2, 0.25) is 21.8 Å². The van der Waals surface area contributed by atoms with E-state index in [0.29, 0.717) is 23.6 Å². The van der Waals surface area contributed by atoms with Crippen LogP contribution < -0.4 is 14.4 Å². The Morgan fingerprint density at radius 2 is 1.60 bits per heavy atom. The Morgan fingerprint density at radius 3 is 2.17 bits per heavy atom. The van der Waals surface area contributed by atoms with Crippen molar-refractivity contribution in [3.8, 4) is 5.75 Å². The topological polar surface area (TPSA) is 96.0 Å². The van der Waals surface area contributed by atoms with E-state index in [1.165, 1.54) is 28.4 Å². The number of anilines is 1. The molecule has 0 aromatic heterocycles. The molecule has 0 spiro atoms. The summed E-state index contributed by atoms with van der Waals surface area (Å²) in [4.78, 5) is 28.1. The number of hydrogen-bond acceptors (Lipinski definition) is 5. The highest BCUT2D eigenvalue weighted by molar-refractivity contribution is 7.92. The highest BCUT2D eigenvalue weighted by atomic mass is 32.2. The lowest BCUT2D eigenvalue weighted by Gasteiger charge is -2.31. The van der Waals surface area contributed by atoms with Crippen molar-refractivity contribution in [1.29, 1.82) is 0 Å². The zero-order chi connectivity index (χ0) is 29.1. The third-order valence-corrected chi connectivity index (χ3v) is 7.57. The molecule has 0 fully saturated rings. The molecule has 8 nitrogen and oxygen atoms in total.